The van der Waals surface area contributed by atoms with Crippen molar-refractivity contribution in [1.82, 2.24) is 0 Å². The molecule has 0 aromatic rings. The van der Waals surface area contributed by atoms with Crippen molar-refractivity contribution < 1.29 is 9.09 Å². The molecule has 0 heterocycles. The quantitative estimate of drug-likeness (QED) is 0.122. The van der Waals surface area contributed by atoms with E-state index in [4.69, 9.17) is 4.52 Å². The number of hydrogen-bond acceptors (Lipinski definition) is 2. The molecule has 0 aromatic heterocycles. The van der Waals surface area contributed by atoms with Gasteiger partial charge in [-0.2, -0.15) is 0 Å². The third kappa shape index (κ3) is 19.5. The van der Waals surface area contributed by atoms with Crippen molar-refractivity contribution in [1.29, 1.82) is 0 Å². The Bertz CT molecular complexity index is 315. The topological polar surface area (TPSA) is 26.3 Å². The first kappa shape index (κ1) is 28.2. The van der Waals surface area contributed by atoms with Crippen LogP contribution in [0.4, 0.5) is 0 Å². The summed E-state index contributed by atoms with van der Waals surface area (Å²) in [5.41, 5.74) is 0. The molecule has 0 atom stereocenters. The normalized spacial score (nSPS) is 12.0. The van der Waals surface area contributed by atoms with Gasteiger partial charge >= 0.3 is 0 Å². The van der Waals surface area contributed by atoms with E-state index >= 15 is 0 Å². The maximum atomic E-state index is 12.8. The monoisotopic (exact) mass is 416 g/mol. The summed E-state index contributed by atoms with van der Waals surface area (Å²) in [6.07, 6.45) is 28.2. The van der Waals surface area contributed by atoms with E-state index in [9.17, 15) is 4.57 Å². The fourth-order valence-electron chi connectivity index (χ4n) is 3.97. The van der Waals surface area contributed by atoms with E-state index in [1.807, 2.05) is 0 Å². The van der Waals surface area contributed by atoms with Gasteiger partial charge in [0.15, 0.2) is 0 Å². The number of unbranched alkanes of at least 4 members (excludes halogenated alkanes) is 18. The Morgan fingerprint density at radius 2 is 0.714 bits per heavy atom. The van der Waals surface area contributed by atoms with Crippen LogP contribution >= 0.6 is 7.37 Å². The molecule has 0 saturated carbocycles. The van der Waals surface area contributed by atoms with E-state index in [0.29, 0.717) is 0 Å². The van der Waals surface area contributed by atoms with Crippen molar-refractivity contribution in [3.05, 3.63) is 0 Å². The van der Waals surface area contributed by atoms with Crippen molar-refractivity contribution >= 4 is 7.37 Å². The first-order valence-corrected chi connectivity index (χ1v) is 14.8. The fraction of sp³-hybridized carbons (Fsp3) is 1.00. The molecule has 0 rings (SSSR count). The largest absolute Gasteiger partial charge is 0.332 e. The summed E-state index contributed by atoms with van der Waals surface area (Å²) in [4.78, 5) is 0. The van der Waals surface area contributed by atoms with E-state index in [-0.39, 0.29) is 0 Å². The fourth-order valence-corrected chi connectivity index (χ4v) is 5.97. The average Bonchev–Trinajstić information content (AvgIpc) is 2.71. The van der Waals surface area contributed by atoms with Gasteiger partial charge in [0.1, 0.15) is 0 Å². The molecule has 28 heavy (non-hydrogen) atoms. The van der Waals surface area contributed by atoms with Gasteiger partial charge in [0.2, 0.25) is 7.37 Å². The predicted molar refractivity (Wildman–Crippen MR) is 128 cm³/mol. The number of rotatable bonds is 23. The van der Waals surface area contributed by atoms with Crippen LogP contribution in [0.3, 0.4) is 0 Å². The van der Waals surface area contributed by atoms with Gasteiger partial charge in [-0.15, -0.1) is 0 Å². The van der Waals surface area contributed by atoms with E-state index in [1.54, 1.807) is 7.11 Å². The van der Waals surface area contributed by atoms with Crippen LogP contribution in [0.1, 0.15) is 142 Å². The molecule has 0 amide bonds. The Hall–Kier alpha value is 0.190. The summed E-state index contributed by atoms with van der Waals surface area (Å²) in [5, 5.41) is 0. The summed E-state index contributed by atoms with van der Waals surface area (Å²) in [5.74, 6) is 0. The second-order valence-corrected chi connectivity index (χ2v) is 11.7. The molecule has 3 heteroatoms. The summed E-state index contributed by atoms with van der Waals surface area (Å²) in [6, 6.07) is 0. The van der Waals surface area contributed by atoms with Crippen molar-refractivity contribution in [2.45, 2.75) is 142 Å². The Balaban J connectivity index is 3.48. The Kier molecular flexibility index (Phi) is 22.0. The molecule has 0 aromatic carbocycles. The third-order valence-corrected chi connectivity index (χ3v) is 8.70. The third-order valence-electron chi connectivity index (χ3n) is 6.04. The van der Waals surface area contributed by atoms with Crippen LogP contribution in [-0.4, -0.2) is 19.4 Å². The van der Waals surface area contributed by atoms with Crippen LogP contribution < -0.4 is 0 Å². The summed E-state index contributed by atoms with van der Waals surface area (Å²) >= 11 is 0. The van der Waals surface area contributed by atoms with Crippen LogP contribution in [0, 0.1) is 0 Å². The lowest BCUT2D eigenvalue weighted by Gasteiger charge is -2.16. The Labute approximate surface area is 178 Å². The van der Waals surface area contributed by atoms with Gasteiger partial charge in [0, 0.05) is 19.4 Å². The van der Waals surface area contributed by atoms with Crippen LogP contribution in [0.2, 0.25) is 0 Å². The molecular formula is C25H53O2P. The molecule has 0 N–H and O–H groups in total. The van der Waals surface area contributed by atoms with Crippen LogP contribution in [0.5, 0.6) is 0 Å². The average molecular weight is 417 g/mol. The maximum Gasteiger partial charge on any atom is 0.202 e. The van der Waals surface area contributed by atoms with Crippen LogP contribution in [0.15, 0.2) is 0 Å². The zero-order chi connectivity index (χ0) is 20.8. The van der Waals surface area contributed by atoms with E-state index in [2.05, 4.69) is 13.8 Å². The van der Waals surface area contributed by atoms with Crippen molar-refractivity contribution in [3.8, 4) is 0 Å². The van der Waals surface area contributed by atoms with Crippen molar-refractivity contribution in [2.24, 2.45) is 0 Å². The standard InChI is InChI=1S/C25H53O2P/c1-4-6-8-10-12-14-16-18-20-22-24-28(26,27-3)25-23-21-19-17-15-13-11-9-7-5-2/h4-25H2,1-3H3. The summed E-state index contributed by atoms with van der Waals surface area (Å²) < 4.78 is 18.3. The predicted octanol–water partition coefficient (Wildman–Crippen LogP) is 9.75. The Morgan fingerprint density at radius 3 is 0.964 bits per heavy atom. The summed E-state index contributed by atoms with van der Waals surface area (Å²) in [6.45, 7) is 4.55. The molecule has 2 nitrogen and oxygen atoms in total. The Morgan fingerprint density at radius 1 is 0.464 bits per heavy atom. The number of hydrogen-bond donors (Lipinski definition) is 0. The van der Waals surface area contributed by atoms with E-state index < -0.39 is 7.37 Å². The van der Waals surface area contributed by atoms with Gasteiger partial charge < -0.3 is 4.52 Å². The lowest BCUT2D eigenvalue weighted by molar-refractivity contribution is 0.389. The van der Waals surface area contributed by atoms with Gasteiger partial charge in [-0.3, -0.25) is 4.57 Å². The van der Waals surface area contributed by atoms with Gasteiger partial charge in [-0.05, 0) is 12.8 Å². The minimum atomic E-state index is -2.35. The smallest absolute Gasteiger partial charge is 0.202 e. The van der Waals surface area contributed by atoms with Gasteiger partial charge in [0.05, 0.1) is 0 Å². The molecule has 0 radical (unpaired) electrons. The zero-order valence-corrected chi connectivity index (χ0v) is 20.7. The SMILES string of the molecule is CCCCCCCCCCCCP(=O)(CCCCCCCCCCCC)OC. The summed E-state index contributed by atoms with van der Waals surface area (Å²) in [7, 11) is -0.688. The molecule has 0 saturated heterocycles. The molecule has 0 aliphatic heterocycles. The lowest BCUT2D eigenvalue weighted by atomic mass is 10.1. The molecule has 0 unspecified atom stereocenters. The van der Waals surface area contributed by atoms with Crippen molar-refractivity contribution in [3.63, 3.8) is 0 Å². The molecular weight excluding hydrogens is 363 g/mol. The maximum absolute atomic E-state index is 12.8. The second-order valence-electron chi connectivity index (χ2n) is 8.81. The highest BCUT2D eigenvalue weighted by Gasteiger charge is 2.19. The zero-order valence-electron chi connectivity index (χ0n) is 19.8. The molecule has 170 valence electrons. The second kappa shape index (κ2) is 21.9. The highest BCUT2D eigenvalue weighted by Crippen LogP contribution is 2.47. The lowest BCUT2D eigenvalue weighted by Crippen LogP contribution is -1.99. The minimum Gasteiger partial charge on any atom is -0.332 e. The van der Waals surface area contributed by atoms with Gasteiger partial charge in [-0.25, -0.2) is 0 Å². The van der Waals surface area contributed by atoms with Crippen LogP contribution in [0.25, 0.3) is 0 Å². The molecule has 0 bridgehead atoms. The molecule has 0 aliphatic carbocycles. The van der Waals surface area contributed by atoms with E-state index in [0.717, 1.165) is 25.2 Å². The molecule has 0 fully saturated rings. The highest BCUT2D eigenvalue weighted by atomic mass is 31.2. The van der Waals surface area contributed by atoms with E-state index in [1.165, 1.54) is 116 Å². The minimum absolute atomic E-state index is 0.803. The van der Waals surface area contributed by atoms with Crippen LogP contribution in [-0.2, 0) is 9.09 Å². The first-order chi connectivity index (χ1) is 13.7. The first-order valence-electron chi connectivity index (χ1n) is 12.8. The molecule has 0 aliphatic rings. The van der Waals surface area contributed by atoms with Gasteiger partial charge in [-0.1, -0.05) is 129 Å². The van der Waals surface area contributed by atoms with Crippen molar-refractivity contribution in [2.75, 3.05) is 19.4 Å². The van der Waals surface area contributed by atoms with Gasteiger partial charge in [0.25, 0.3) is 0 Å². The molecule has 0 spiro atoms. The highest BCUT2D eigenvalue weighted by molar-refractivity contribution is 7.58.